The molecule has 0 aliphatic carbocycles. The fourth-order valence-electron chi connectivity index (χ4n) is 1.39. The van der Waals surface area contributed by atoms with Gasteiger partial charge in [0, 0.05) is 29.1 Å². The summed E-state index contributed by atoms with van der Waals surface area (Å²) in [4.78, 5) is 11.6. The molecule has 0 radical (unpaired) electrons. The molecule has 0 fully saturated rings. The number of amides is 1. The highest BCUT2D eigenvalue weighted by Gasteiger charge is 2.10. The number of carbonyl (C=O) groups is 1. The van der Waals surface area contributed by atoms with Crippen LogP contribution in [0, 0.1) is 5.92 Å². The summed E-state index contributed by atoms with van der Waals surface area (Å²) in [7, 11) is 0. The lowest BCUT2D eigenvalue weighted by Crippen LogP contribution is -2.26. The first-order valence-electron chi connectivity index (χ1n) is 5.59. The second kappa shape index (κ2) is 5.70. The average Bonchev–Trinajstić information content (AvgIpc) is 2.92. The van der Waals surface area contributed by atoms with Crippen molar-refractivity contribution in [2.45, 2.75) is 6.92 Å². The van der Waals surface area contributed by atoms with Gasteiger partial charge in [-0.2, -0.15) is 0 Å². The van der Waals surface area contributed by atoms with Crippen molar-refractivity contribution < 1.29 is 4.79 Å². The Labute approximate surface area is 109 Å². The summed E-state index contributed by atoms with van der Waals surface area (Å²) in [6.45, 7) is 2.14. The molecule has 0 aliphatic heterocycles. The molecule has 0 aliphatic rings. The Morgan fingerprint density at radius 2 is 2.17 bits per heavy atom. The van der Waals surface area contributed by atoms with E-state index in [2.05, 4.69) is 14.9 Å². The normalized spacial score (nSPS) is 12.1. The Morgan fingerprint density at radius 3 is 2.72 bits per heavy atom. The van der Waals surface area contributed by atoms with Crippen LogP contribution in [0.5, 0.6) is 0 Å². The summed E-state index contributed by atoms with van der Waals surface area (Å²) < 4.78 is 3.81. The van der Waals surface area contributed by atoms with Crippen LogP contribution < -0.4 is 11.1 Å². The third kappa shape index (κ3) is 2.91. The number of nitrogens with two attached hydrogens (primary N) is 1. The molecule has 1 heterocycles. The topological polar surface area (TPSA) is 80.9 Å². The van der Waals surface area contributed by atoms with Crippen molar-refractivity contribution >= 4 is 23.1 Å². The summed E-state index contributed by atoms with van der Waals surface area (Å²) in [6.07, 6.45) is 0. The first-order valence-corrected chi connectivity index (χ1v) is 6.43. The first-order chi connectivity index (χ1) is 8.70. The zero-order chi connectivity index (χ0) is 13.0. The van der Waals surface area contributed by atoms with Crippen LogP contribution in [0.3, 0.4) is 0 Å². The molecule has 1 aromatic carbocycles. The average molecular weight is 262 g/mol. The van der Waals surface area contributed by atoms with E-state index < -0.39 is 0 Å². The van der Waals surface area contributed by atoms with Crippen molar-refractivity contribution in [3.8, 4) is 11.3 Å². The van der Waals surface area contributed by atoms with Crippen molar-refractivity contribution in [1.82, 2.24) is 9.59 Å². The van der Waals surface area contributed by atoms with Gasteiger partial charge in [-0.05, 0) is 23.7 Å². The van der Waals surface area contributed by atoms with E-state index in [0.717, 1.165) is 16.9 Å². The maximum absolute atomic E-state index is 11.6. The van der Waals surface area contributed by atoms with Gasteiger partial charge in [-0.3, -0.25) is 4.79 Å². The Hall–Kier alpha value is -1.79. The number of nitrogens with one attached hydrogen (secondary N) is 1. The van der Waals surface area contributed by atoms with Gasteiger partial charge in [0.1, 0.15) is 5.69 Å². The smallest absolute Gasteiger partial charge is 0.228 e. The number of anilines is 1. The molecule has 0 spiro atoms. The van der Waals surface area contributed by atoms with E-state index in [1.54, 1.807) is 6.92 Å². The molecule has 94 valence electrons. The highest BCUT2D eigenvalue weighted by molar-refractivity contribution is 7.03. The molecule has 0 saturated heterocycles. The maximum atomic E-state index is 11.6. The van der Waals surface area contributed by atoms with Crippen LogP contribution in [0.2, 0.25) is 0 Å². The quantitative estimate of drug-likeness (QED) is 0.879. The van der Waals surface area contributed by atoms with Crippen molar-refractivity contribution in [2.75, 3.05) is 11.9 Å². The summed E-state index contributed by atoms with van der Waals surface area (Å²) in [5.41, 5.74) is 8.02. The highest BCUT2D eigenvalue weighted by atomic mass is 32.1. The van der Waals surface area contributed by atoms with Gasteiger partial charge in [-0.25, -0.2) is 0 Å². The van der Waals surface area contributed by atoms with Gasteiger partial charge in [0.25, 0.3) is 0 Å². The number of carbonyl (C=O) groups excluding carboxylic acids is 1. The van der Waals surface area contributed by atoms with Crippen LogP contribution in [0.15, 0.2) is 29.6 Å². The maximum Gasteiger partial charge on any atom is 0.228 e. The number of hydrogen-bond donors (Lipinski definition) is 2. The van der Waals surface area contributed by atoms with Gasteiger partial charge in [0.2, 0.25) is 5.91 Å². The van der Waals surface area contributed by atoms with Gasteiger partial charge in [-0.1, -0.05) is 23.5 Å². The summed E-state index contributed by atoms with van der Waals surface area (Å²) in [6, 6.07) is 7.49. The van der Waals surface area contributed by atoms with E-state index in [9.17, 15) is 4.79 Å². The number of benzene rings is 1. The Morgan fingerprint density at radius 1 is 1.44 bits per heavy atom. The molecule has 18 heavy (non-hydrogen) atoms. The van der Waals surface area contributed by atoms with Crippen molar-refractivity contribution in [1.29, 1.82) is 0 Å². The second-order valence-electron chi connectivity index (χ2n) is 3.99. The molecule has 2 aromatic rings. The molecule has 1 atom stereocenters. The number of nitrogens with zero attached hydrogens (tertiary/aromatic N) is 2. The zero-order valence-electron chi connectivity index (χ0n) is 9.96. The predicted molar refractivity (Wildman–Crippen MR) is 72.2 cm³/mol. The minimum atomic E-state index is -0.188. The molecule has 5 nitrogen and oxygen atoms in total. The lowest BCUT2D eigenvalue weighted by Gasteiger charge is -2.09. The van der Waals surface area contributed by atoms with Crippen molar-refractivity contribution in [3.05, 3.63) is 29.6 Å². The lowest BCUT2D eigenvalue weighted by molar-refractivity contribution is -0.119. The van der Waals surface area contributed by atoms with Crippen LogP contribution in [0.4, 0.5) is 5.69 Å². The van der Waals surface area contributed by atoms with E-state index in [0.29, 0.717) is 6.54 Å². The van der Waals surface area contributed by atoms with E-state index in [4.69, 9.17) is 5.73 Å². The van der Waals surface area contributed by atoms with Gasteiger partial charge in [-0.15, -0.1) is 5.10 Å². The minimum absolute atomic E-state index is 0.0689. The summed E-state index contributed by atoms with van der Waals surface area (Å²) in [5, 5.41) is 8.68. The number of aromatic nitrogens is 2. The van der Waals surface area contributed by atoms with Crippen LogP contribution in [-0.2, 0) is 4.79 Å². The lowest BCUT2D eigenvalue weighted by atomic mass is 10.1. The van der Waals surface area contributed by atoms with Crippen LogP contribution in [0.25, 0.3) is 11.3 Å². The van der Waals surface area contributed by atoms with E-state index >= 15 is 0 Å². The van der Waals surface area contributed by atoms with Crippen LogP contribution in [-0.4, -0.2) is 22.0 Å². The molecule has 1 amide bonds. The Bertz CT molecular complexity index is 509. The third-order valence-electron chi connectivity index (χ3n) is 2.61. The molecule has 2 rings (SSSR count). The van der Waals surface area contributed by atoms with Crippen molar-refractivity contribution in [2.24, 2.45) is 11.7 Å². The molecule has 1 aromatic heterocycles. The fourth-order valence-corrected chi connectivity index (χ4v) is 1.85. The van der Waals surface area contributed by atoms with E-state index in [1.807, 2.05) is 29.6 Å². The van der Waals surface area contributed by atoms with Gasteiger partial charge >= 0.3 is 0 Å². The zero-order valence-corrected chi connectivity index (χ0v) is 10.8. The molecular formula is C12H14N4OS. The molecular weight excluding hydrogens is 248 g/mol. The van der Waals surface area contributed by atoms with Crippen molar-refractivity contribution in [3.63, 3.8) is 0 Å². The van der Waals surface area contributed by atoms with Gasteiger partial charge in [0.05, 0.1) is 0 Å². The first kappa shape index (κ1) is 12.7. The number of hydrogen-bond acceptors (Lipinski definition) is 5. The Kier molecular flexibility index (Phi) is 4.01. The number of rotatable bonds is 4. The van der Waals surface area contributed by atoms with Crippen LogP contribution in [0.1, 0.15) is 6.92 Å². The monoisotopic (exact) mass is 262 g/mol. The summed E-state index contributed by atoms with van der Waals surface area (Å²) in [5.74, 6) is -0.256. The standard InChI is InChI=1S/C12H14N4OS/c1-8(6-13)12(17)14-10-4-2-9(3-5-10)11-7-18-16-15-11/h2-5,7-8H,6,13H2,1H3,(H,14,17). The molecule has 3 N–H and O–H groups in total. The minimum Gasteiger partial charge on any atom is -0.330 e. The van der Waals surface area contributed by atoms with E-state index in [-0.39, 0.29) is 11.8 Å². The SMILES string of the molecule is CC(CN)C(=O)Nc1ccc(-c2csnn2)cc1. The molecule has 1 unspecified atom stereocenters. The van der Waals surface area contributed by atoms with Gasteiger partial charge < -0.3 is 11.1 Å². The Balaban J connectivity index is 2.06. The highest BCUT2D eigenvalue weighted by Crippen LogP contribution is 2.20. The molecule has 0 bridgehead atoms. The third-order valence-corrected chi connectivity index (χ3v) is 3.11. The predicted octanol–water partition coefficient (Wildman–Crippen LogP) is 1.74. The van der Waals surface area contributed by atoms with Gasteiger partial charge in [0.15, 0.2) is 0 Å². The van der Waals surface area contributed by atoms with Crippen LogP contribution >= 0.6 is 11.5 Å². The largest absolute Gasteiger partial charge is 0.330 e. The molecule has 0 saturated carbocycles. The molecule has 6 heteroatoms. The second-order valence-corrected chi connectivity index (χ2v) is 4.60. The van der Waals surface area contributed by atoms with E-state index in [1.165, 1.54) is 11.5 Å². The fraction of sp³-hybridized carbons (Fsp3) is 0.250. The summed E-state index contributed by atoms with van der Waals surface area (Å²) >= 11 is 1.31.